The zero-order valence-corrected chi connectivity index (χ0v) is 24.5. The van der Waals surface area contributed by atoms with Gasteiger partial charge >= 0.3 is 12.4 Å². The summed E-state index contributed by atoms with van der Waals surface area (Å²) in [5.41, 5.74) is -3.11. The average molecular weight is 660 g/mol. The SMILES string of the molecule is CN(C(=O)c1cc(C(F)(F)F)cc(C(F)(F)F)c1)[C@@H]1CCN(C(=O)CNC(=O)c2ccccc2)C[C@H]1c1ccc(Cl)c(Cl)c1. The minimum absolute atomic E-state index is 0.0106. The molecule has 2 atom stereocenters. The molecule has 1 aliphatic heterocycles. The highest BCUT2D eigenvalue weighted by atomic mass is 35.5. The third-order valence-corrected chi connectivity index (χ3v) is 8.13. The average Bonchev–Trinajstić information content (AvgIpc) is 2.99. The van der Waals surface area contributed by atoms with Gasteiger partial charge in [0, 0.05) is 43.2 Å². The second-order valence-corrected chi connectivity index (χ2v) is 11.0. The summed E-state index contributed by atoms with van der Waals surface area (Å²) in [5, 5.41) is 2.96. The molecule has 3 amide bonds. The van der Waals surface area contributed by atoms with Crippen LogP contribution in [0.1, 0.15) is 49.7 Å². The van der Waals surface area contributed by atoms with E-state index < -0.39 is 58.7 Å². The number of likely N-dealkylation sites (tertiary alicyclic amines) is 1. The normalized spacial score (nSPS) is 17.2. The topological polar surface area (TPSA) is 69.7 Å². The number of piperidine rings is 1. The van der Waals surface area contributed by atoms with Gasteiger partial charge in [-0.25, -0.2) is 0 Å². The third kappa shape index (κ3) is 7.65. The van der Waals surface area contributed by atoms with Crippen molar-refractivity contribution in [1.82, 2.24) is 15.1 Å². The Bertz CT molecular complexity index is 1520. The van der Waals surface area contributed by atoms with Gasteiger partial charge in [-0.15, -0.1) is 0 Å². The first-order valence-corrected chi connectivity index (χ1v) is 13.9. The van der Waals surface area contributed by atoms with Crippen molar-refractivity contribution in [1.29, 1.82) is 0 Å². The lowest BCUT2D eigenvalue weighted by Crippen LogP contribution is -2.53. The summed E-state index contributed by atoms with van der Waals surface area (Å²) in [7, 11) is 1.28. The number of amides is 3. The Balaban J connectivity index is 1.60. The molecule has 0 saturated carbocycles. The molecule has 0 unspecified atom stereocenters. The fraction of sp³-hybridized carbons (Fsp3) is 0.300. The number of alkyl halides is 6. The Labute approximate surface area is 258 Å². The molecule has 0 spiro atoms. The predicted molar refractivity (Wildman–Crippen MR) is 152 cm³/mol. The van der Waals surface area contributed by atoms with Crippen molar-refractivity contribution in [2.24, 2.45) is 0 Å². The fourth-order valence-electron chi connectivity index (χ4n) is 5.09. The number of halogens is 8. The minimum atomic E-state index is -5.13. The van der Waals surface area contributed by atoms with Crippen molar-refractivity contribution in [3.63, 3.8) is 0 Å². The standard InChI is InChI=1S/C30H25Cl2F6N3O3/c1-40(28(44)19-11-20(29(33,34)35)14-21(12-19)30(36,37)38)25-9-10-41(16-22(25)18-7-8-23(31)24(32)13-18)26(42)15-39-27(43)17-5-3-2-4-6-17/h2-8,11-14,22,25H,9-10,15-16H2,1H3,(H,39,43)/t22-,25+/m0/s1. The molecule has 234 valence electrons. The van der Waals surface area contributed by atoms with Crippen molar-refractivity contribution >= 4 is 40.9 Å². The molecule has 1 fully saturated rings. The van der Waals surface area contributed by atoms with Crippen molar-refractivity contribution in [3.05, 3.63) is 105 Å². The van der Waals surface area contributed by atoms with Gasteiger partial charge in [-0.1, -0.05) is 47.5 Å². The molecule has 0 radical (unpaired) electrons. The molecule has 1 aliphatic rings. The highest BCUT2D eigenvalue weighted by molar-refractivity contribution is 6.42. The molecular formula is C30H25Cl2F6N3O3. The van der Waals surface area contributed by atoms with E-state index >= 15 is 0 Å². The first-order valence-electron chi connectivity index (χ1n) is 13.2. The van der Waals surface area contributed by atoms with Crippen molar-refractivity contribution in [3.8, 4) is 0 Å². The molecule has 0 aliphatic carbocycles. The molecular weight excluding hydrogens is 635 g/mol. The van der Waals surface area contributed by atoms with Crippen LogP contribution in [0.5, 0.6) is 0 Å². The van der Waals surface area contributed by atoms with E-state index in [4.69, 9.17) is 23.2 Å². The van der Waals surface area contributed by atoms with Crippen molar-refractivity contribution in [2.75, 3.05) is 26.7 Å². The zero-order valence-electron chi connectivity index (χ0n) is 23.0. The van der Waals surface area contributed by atoms with E-state index in [2.05, 4.69) is 5.32 Å². The summed E-state index contributed by atoms with van der Waals surface area (Å²) in [6.45, 7) is -0.223. The molecule has 6 nitrogen and oxygen atoms in total. The monoisotopic (exact) mass is 659 g/mol. The Kier molecular flexibility index (Phi) is 9.84. The van der Waals surface area contributed by atoms with E-state index in [-0.39, 0.29) is 42.2 Å². The van der Waals surface area contributed by atoms with Crippen LogP contribution in [0.3, 0.4) is 0 Å². The molecule has 3 aromatic carbocycles. The minimum Gasteiger partial charge on any atom is -0.343 e. The number of nitrogens with one attached hydrogen (secondary N) is 1. The van der Waals surface area contributed by atoms with E-state index in [1.807, 2.05) is 0 Å². The molecule has 0 bridgehead atoms. The maximum absolute atomic E-state index is 13.5. The van der Waals surface area contributed by atoms with Crippen molar-refractivity contribution < 1.29 is 40.7 Å². The Morgan fingerprint density at radius 3 is 2.05 bits per heavy atom. The van der Waals surface area contributed by atoms with Crippen LogP contribution in [-0.4, -0.2) is 60.2 Å². The highest BCUT2D eigenvalue weighted by Gasteiger charge is 2.40. The van der Waals surface area contributed by atoms with E-state index in [1.54, 1.807) is 36.4 Å². The van der Waals surface area contributed by atoms with E-state index in [0.29, 0.717) is 23.3 Å². The quantitative estimate of drug-likeness (QED) is 0.292. The van der Waals surface area contributed by atoms with Crippen LogP contribution in [0, 0.1) is 0 Å². The number of carbonyl (C=O) groups excluding carboxylic acids is 3. The van der Waals surface area contributed by atoms with Gasteiger partial charge in [0.1, 0.15) is 0 Å². The van der Waals surface area contributed by atoms with Crippen LogP contribution < -0.4 is 5.32 Å². The number of benzene rings is 3. The van der Waals surface area contributed by atoms with Crippen LogP contribution in [-0.2, 0) is 17.1 Å². The molecule has 1 heterocycles. The summed E-state index contributed by atoms with van der Waals surface area (Å²) in [6, 6.07) is 12.9. The largest absolute Gasteiger partial charge is 0.416 e. The van der Waals surface area contributed by atoms with Crippen LogP contribution >= 0.6 is 23.2 Å². The van der Waals surface area contributed by atoms with Crippen LogP contribution in [0.15, 0.2) is 66.7 Å². The number of hydrogen-bond donors (Lipinski definition) is 1. The van der Waals surface area contributed by atoms with Gasteiger partial charge in [-0.2, -0.15) is 26.3 Å². The van der Waals surface area contributed by atoms with Crippen molar-refractivity contribution in [2.45, 2.75) is 30.7 Å². The van der Waals surface area contributed by atoms with Gasteiger partial charge in [0.2, 0.25) is 5.91 Å². The maximum Gasteiger partial charge on any atom is 0.416 e. The lowest BCUT2D eigenvalue weighted by Gasteiger charge is -2.43. The van der Waals surface area contributed by atoms with Gasteiger partial charge in [0.15, 0.2) is 0 Å². The molecule has 1 saturated heterocycles. The smallest absolute Gasteiger partial charge is 0.343 e. The van der Waals surface area contributed by atoms with Crippen LogP contribution in [0.25, 0.3) is 0 Å². The predicted octanol–water partition coefficient (Wildman–Crippen LogP) is 6.92. The number of hydrogen-bond acceptors (Lipinski definition) is 3. The molecule has 3 aromatic rings. The summed E-state index contributed by atoms with van der Waals surface area (Å²) in [4.78, 5) is 41.5. The molecule has 44 heavy (non-hydrogen) atoms. The number of rotatable bonds is 6. The highest BCUT2D eigenvalue weighted by Crippen LogP contribution is 2.38. The van der Waals surface area contributed by atoms with E-state index in [9.17, 15) is 40.7 Å². The summed E-state index contributed by atoms with van der Waals surface area (Å²) in [5.74, 6) is -2.61. The van der Waals surface area contributed by atoms with Crippen LogP contribution in [0.4, 0.5) is 26.3 Å². The lowest BCUT2D eigenvalue weighted by molar-refractivity contribution is -0.143. The summed E-state index contributed by atoms with van der Waals surface area (Å²) < 4.78 is 80.7. The number of nitrogens with zero attached hydrogens (tertiary/aromatic N) is 2. The zero-order chi connectivity index (χ0) is 32.4. The fourth-order valence-corrected chi connectivity index (χ4v) is 5.40. The Morgan fingerprint density at radius 1 is 0.864 bits per heavy atom. The Morgan fingerprint density at radius 2 is 1.48 bits per heavy atom. The lowest BCUT2D eigenvalue weighted by atomic mass is 9.84. The second-order valence-electron chi connectivity index (χ2n) is 10.2. The maximum atomic E-state index is 13.5. The molecule has 14 heteroatoms. The van der Waals surface area contributed by atoms with Gasteiger partial charge in [0.25, 0.3) is 11.8 Å². The first kappa shape index (κ1) is 33.1. The molecule has 4 rings (SSSR count). The second kappa shape index (κ2) is 13.1. The van der Waals surface area contributed by atoms with Gasteiger partial charge < -0.3 is 15.1 Å². The van der Waals surface area contributed by atoms with Crippen LogP contribution in [0.2, 0.25) is 10.0 Å². The van der Waals surface area contributed by atoms with Gasteiger partial charge in [0.05, 0.1) is 27.7 Å². The van der Waals surface area contributed by atoms with Gasteiger partial charge in [-0.3, -0.25) is 14.4 Å². The number of likely N-dealkylation sites (N-methyl/N-ethyl adjacent to an activating group) is 1. The first-order chi connectivity index (χ1) is 20.6. The molecule has 1 N–H and O–H groups in total. The van der Waals surface area contributed by atoms with E-state index in [0.717, 1.165) is 4.90 Å². The molecule has 0 aromatic heterocycles. The van der Waals surface area contributed by atoms with E-state index in [1.165, 1.54) is 24.1 Å². The third-order valence-electron chi connectivity index (χ3n) is 7.39. The summed E-state index contributed by atoms with van der Waals surface area (Å²) in [6.07, 6.45) is -10.1. The summed E-state index contributed by atoms with van der Waals surface area (Å²) >= 11 is 12.3. The Hall–Kier alpha value is -3.77. The number of carbonyl (C=O) groups is 3. The van der Waals surface area contributed by atoms with Gasteiger partial charge in [-0.05, 0) is 54.4 Å².